The molecule has 0 aliphatic heterocycles. The van der Waals surface area contributed by atoms with Crippen LogP contribution in [-0.4, -0.2) is 55.1 Å². The van der Waals surface area contributed by atoms with E-state index in [1.165, 1.54) is 25.7 Å². The second-order valence-electron chi connectivity index (χ2n) is 5.71. The van der Waals surface area contributed by atoms with Crippen LogP contribution in [0.4, 0.5) is 0 Å². The Hall–Kier alpha value is -0.120. The first-order valence-electron chi connectivity index (χ1n) is 6.64. The summed E-state index contributed by atoms with van der Waals surface area (Å²) in [7, 11) is 4.28. The summed E-state index contributed by atoms with van der Waals surface area (Å²) in [6, 6.07) is 0.628. The fourth-order valence-corrected chi connectivity index (χ4v) is 2.58. The fraction of sp³-hybridized carbons (Fsp3) is 1.00. The van der Waals surface area contributed by atoms with E-state index in [-0.39, 0.29) is 5.54 Å². The Kier molecular flexibility index (Phi) is 5.22. The molecule has 1 aliphatic carbocycles. The van der Waals surface area contributed by atoms with Gasteiger partial charge in [-0.05, 0) is 53.2 Å². The summed E-state index contributed by atoms with van der Waals surface area (Å²) >= 11 is 0. The largest absolute Gasteiger partial charge is 0.325 e. The van der Waals surface area contributed by atoms with E-state index in [9.17, 15) is 0 Å². The van der Waals surface area contributed by atoms with Gasteiger partial charge in [-0.1, -0.05) is 6.92 Å². The van der Waals surface area contributed by atoms with Crippen molar-refractivity contribution in [3.8, 4) is 0 Å². The summed E-state index contributed by atoms with van der Waals surface area (Å²) < 4.78 is 0. The van der Waals surface area contributed by atoms with E-state index < -0.39 is 0 Å². The number of hydrogen-bond acceptors (Lipinski definition) is 3. The van der Waals surface area contributed by atoms with E-state index in [1.807, 2.05) is 0 Å². The maximum atomic E-state index is 6.27. The SMILES string of the molecule is CCN(CCC1(N)CCC1)C(C)CN(C)C. The molecule has 0 aromatic carbocycles. The van der Waals surface area contributed by atoms with Gasteiger partial charge in [-0.3, -0.25) is 4.90 Å². The highest BCUT2D eigenvalue weighted by molar-refractivity contribution is 4.93. The maximum Gasteiger partial charge on any atom is 0.0194 e. The molecular formula is C13H29N3. The topological polar surface area (TPSA) is 32.5 Å². The first kappa shape index (κ1) is 13.9. The summed E-state index contributed by atoms with van der Waals surface area (Å²) in [5, 5.41) is 0. The summed E-state index contributed by atoms with van der Waals surface area (Å²) in [4.78, 5) is 4.81. The average Bonchev–Trinajstić information content (AvgIpc) is 2.14. The third-order valence-electron chi connectivity index (χ3n) is 3.91. The monoisotopic (exact) mass is 227 g/mol. The molecule has 0 aromatic heterocycles. The molecule has 1 rings (SSSR count). The standard InChI is InChI=1S/C13H29N3/c1-5-16(12(2)11-15(3)4)10-9-13(14)7-6-8-13/h12H,5-11,14H2,1-4H3. The quantitative estimate of drug-likeness (QED) is 0.716. The van der Waals surface area contributed by atoms with Crippen LogP contribution in [-0.2, 0) is 0 Å². The highest BCUT2D eigenvalue weighted by atomic mass is 15.2. The molecule has 0 amide bonds. The number of nitrogens with zero attached hydrogens (tertiary/aromatic N) is 2. The minimum absolute atomic E-state index is 0.172. The zero-order valence-corrected chi connectivity index (χ0v) is 11.5. The molecule has 0 radical (unpaired) electrons. The van der Waals surface area contributed by atoms with Crippen LogP contribution in [0.3, 0.4) is 0 Å². The third-order valence-corrected chi connectivity index (χ3v) is 3.91. The van der Waals surface area contributed by atoms with Gasteiger partial charge in [0.25, 0.3) is 0 Å². The molecule has 0 saturated heterocycles. The Morgan fingerprint density at radius 1 is 1.31 bits per heavy atom. The van der Waals surface area contributed by atoms with Gasteiger partial charge in [0.05, 0.1) is 0 Å². The van der Waals surface area contributed by atoms with Crippen LogP contribution >= 0.6 is 0 Å². The van der Waals surface area contributed by atoms with Crippen LogP contribution in [0.2, 0.25) is 0 Å². The minimum atomic E-state index is 0.172. The highest BCUT2D eigenvalue weighted by Gasteiger charge is 2.32. The Morgan fingerprint density at radius 2 is 1.94 bits per heavy atom. The molecule has 16 heavy (non-hydrogen) atoms. The van der Waals surface area contributed by atoms with Crippen molar-refractivity contribution in [3.63, 3.8) is 0 Å². The van der Waals surface area contributed by atoms with Crippen molar-refractivity contribution in [2.75, 3.05) is 33.7 Å². The summed E-state index contributed by atoms with van der Waals surface area (Å²) in [5.41, 5.74) is 6.44. The smallest absolute Gasteiger partial charge is 0.0194 e. The average molecular weight is 227 g/mol. The highest BCUT2D eigenvalue weighted by Crippen LogP contribution is 2.32. The number of hydrogen-bond donors (Lipinski definition) is 1. The Labute approximate surface area is 101 Å². The van der Waals surface area contributed by atoms with Crippen molar-refractivity contribution in [1.82, 2.24) is 9.80 Å². The molecule has 1 saturated carbocycles. The summed E-state index contributed by atoms with van der Waals surface area (Å²) in [5.74, 6) is 0. The molecule has 0 bridgehead atoms. The van der Waals surface area contributed by atoms with E-state index >= 15 is 0 Å². The van der Waals surface area contributed by atoms with E-state index in [1.54, 1.807) is 0 Å². The molecule has 2 N–H and O–H groups in total. The molecular weight excluding hydrogens is 198 g/mol. The van der Waals surface area contributed by atoms with Crippen molar-refractivity contribution in [2.45, 2.75) is 51.1 Å². The van der Waals surface area contributed by atoms with Gasteiger partial charge in [-0.2, -0.15) is 0 Å². The van der Waals surface area contributed by atoms with E-state index in [2.05, 4.69) is 37.7 Å². The lowest BCUT2D eigenvalue weighted by molar-refractivity contribution is 0.142. The van der Waals surface area contributed by atoms with Crippen molar-refractivity contribution in [1.29, 1.82) is 0 Å². The molecule has 1 aliphatic rings. The lowest BCUT2D eigenvalue weighted by Gasteiger charge is -2.40. The predicted octanol–water partition coefficient (Wildman–Crippen LogP) is 1.53. The molecule has 3 heteroatoms. The Bertz CT molecular complexity index is 199. The molecule has 0 aromatic rings. The van der Waals surface area contributed by atoms with Gasteiger partial charge < -0.3 is 10.6 Å². The molecule has 1 atom stereocenters. The summed E-state index contributed by atoms with van der Waals surface area (Å²) in [6.45, 7) is 7.97. The van der Waals surface area contributed by atoms with Gasteiger partial charge in [0, 0.05) is 24.7 Å². The van der Waals surface area contributed by atoms with Crippen molar-refractivity contribution in [2.24, 2.45) is 5.73 Å². The van der Waals surface area contributed by atoms with Gasteiger partial charge in [0.2, 0.25) is 0 Å². The van der Waals surface area contributed by atoms with Gasteiger partial charge >= 0.3 is 0 Å². The molecule has 1 unspecified atom stereocenters. The molecule has 1 fully saturated rings. The van der Waals surface area contributed by atoms with Crippen LogP contribution in [0.1, 0.15) is 39.5 Å². The maximum absolute atomic E-state index is 6.27. The minimum Gasteiger partial charge on any atom is -0.325 e. The van der Waals surface area contributed by atoms with Gasteiger partial charge in [-0.25, -0.2) is 0 Å². The first-order chi connectivity index (χ1) is 7.47. The summed E-state index contributed by atoms with van der Waals surface area (Å²) in [6.07, 6.45) is 4.95. The Balaban J connectivity index is 2.30. The Morgan fingerprint density at radius 3 is 2.31 bits per heavy atom. The van der Waals surface area contributed by atoms with Crippen molar-refractivity contribution in [3.05, 3.63) is 0 Å². The van der Waals surface area contributed by atoms with Gasteiger partial charge in [0.15, 0.2) is 0 Å². The van der Waals surface area contributed by atoms with Gasteiger partial charge in [-0.15, -0.1) is 0 Å². The lowest BCUT2D eigenvalue weighted by Crippen LogP contribution is -2.50. The van der Waals surface area contributed by atoms with Crippen molar-refractivity contribution >= 4 is 0 Å². The van der Waals surface area contributed by atoms with Gasteiger partial charge in [0.1, 0.15) is 0 Å². The second-order valence-corrected chi connectivity index (χ2v) is 5.71. The molecule has 0 heterocycles. The van der Waals surface area contributed by atoms with Crippen LogP contribution < -0.4 is 5.73 Å². The van der Waals surface area contributed by atoms with Crippen molar-refractivity contribution < 1.29 is 0 Å². The second kappa shape index (κ2) is 5.99. The van der Waals surface area contributed by atoms with Crippen LogP contribution in [0, 0.1) is 0 Å². The zero-order chi connectivity index (χ0) is 12.2. The number of likely N-dealkylation sites (N-methyl/N-ethyl adjacent to an activating group) is 2. The van der Waals surface area contributed by atoms with E-state index in [4.69, 9.17) is 5.73 Å². The molecule has 3 nitrogen and oxygen atoms in total. The normalized spacial score (nSPS) is 21.2. The lowest BCUT2D eigenvalue weighted by atomic mass is 9.75. The van der Waals surface area contributed by atoms with Crippen LogP contribution in [0.15, 0.2) is 0 Å². The van der Waals surface area contributed by atoms with Crippen LogP contribution in [0.5, 0.6) is 0 Å². The zero-order valence-electron chi connectivity index (χ0n) is 11.5. The first-order valence-corrected chi connectivity index (χ1v) is 6.64. The third kappa shape index (κ3) is 4.04. The predicted molar refractivity (Wildman–Crippen MR) is 70.6 cm³/mol. The fourth-order valence-electron chi connectivity index (χ4n) is 2.58. The number of nitrogens with two attached hydrogens (primary N) is 1. The van der Waals surface area contributed by atoms with E-state index in [0.29, 0.717) is 6.04 Å². The molecule has 96 valence electrons. The van der Waals surface area contributed by atoms with Crippen LogP contribution in [0.25, 0.3) is 0 Å². The van der Waals surface area contributed by atoms with E-state index in [0.717, 1.165) is 19.6 Å². The molecule has 0 spiro atoms. The number of rotatable bonds is 7.